The van der Waals surface area contributed by atoms with E-state index >= 15 is 0 Å². The SMILES string of the molecule is O=Cc1ccc(-c2cc(=O)c3cc4[nH]c(-c5ccc(C=O)cc5)cc(=O)c4cc3[nH]2)cc1. The third kappa shape index (κ3) is 3.33. The standard InChI is InChI=1S/C26H16N2O4/c29-13-15-1-5-17(6-2-15)21-11-25(31)19-10-24-20(9-23(19)27-21)26(32)12-22(28-24)18-7-3-16(14-30)4-8-18/h1-14H,(H,27,31)(H,28,32). The molecule has 0 unspecified atom stereocenters. The minimum atomic E-state index is -0.184. The lowest BCUT2D eigenvalue weighted by atomic mass is 10.0. The van der Waals surface area contributed by atoms with Crippen molar-refractivity contribution in [3.05, 3.63) is 104 Å². The molecule has 0 saturated carbocycles. The number of fused-ring (bicyclic) bond motifs is 2. The lowest BCUT2D eigenvalue weighted by molar-refractivity contribution is 0.111. The van der Waals surface area contributed by atoms with E-state index in [1.54, 1.807) is 60.7 Å². The Bertz CT molecular complexity index is 1500. The smallest absolute Gasteiger partial charge is 0.190 e. The molecule has 2 N–H and O–H groups in total. The number of carbonyl (C=O) groups excluding carboxylic acids is 2. The average molecular weight is 420 g/mol. The number of aromatic amines is 2. The van der Waals surface area contributed by atoms with Gasteiger partial charge < -0.3 is 9.97 Å². The fourth-order valence-corrected chi connectivity index (χ4v) is 3.79. The first-order chi connectivity index (χ1) is 15.6. The van der Waals surface area contributed by atoms with E-state index in [2.05, 4.69) is 9.97 Å². The summed E-state index contributed by atoms with van der Waals surface area (Å²) in [6, 6.07) is 20.1. The number of aromatic nitrogens is 2. The minimum Gasteiger partial charge on any atom is -0.354 e. The summed E-state index contributed by atoms with van der Waals surface area (Å²) in [5, 5.41) is 0.907. The molecule has 0 spiro atoms. The fraction of sp³-hybridized carbons (Fsp3) is 0. The van der Waals surface area contributed by atoms with Crippen LogP contribution in [0.1, 0.15) is 20.7 Å². The van der Waals surface area contributed by atoms with E-state index in [0.29, 0.717) is 44.3 Å². The number of nitrogens with one attached hydrogen (secondary N) is 2. The molecule has 5 rings (SSSR count). The van der Waals surface area contributed by atoms with Crippen LogP contribution in [0, 0.1) is 0 Å². The minimum absolute atomic E-state index is 0.184. The summed E-state index contributed by atoms with van der Waals surface area (Å²) < 4.78 is 0. The van der Waals surface area contributed by atoms with Crippen molar-refractivity contribution in [2.45, 2.75) is 0 Å². The molecule has 0 amide bonds. The molecule has 2 heterocycles. The maximum absolute atomic E-state index is 12.8. The molecule has 0 aliphatic carbocycles. The summed E-state index contributed by atoms with van der Waals surface area (Å²) in [7, 11) is 0. The van der Waals surface area contributed by atoms with Crippen LogP contribution in [0.5, 0.6) is 0 Å². The van der Waals surface area contributed by atoms with E-state index in [-0.39, 0.29) is 10.9 Å². The molecule has 5 aromatic rings. The van der Waals surface area contributed by atoms with Crippen LogP contribution in [0.15, 0.2) is 82.4 Å². The van der Waals surface area contributed by atoms with Gasteiger partial charge in [0.05, 0.1) is 11.0 Å². The molecule has 0 fully saturated rings. The van der Waals surface area contributed by atoms with Gasteiger partial charge in [0.1, 0.15) is 12.6 Å². The summed E-state index contributed by atoms with van der Waals surface area (Å²) in [4.78, 5) is 53.9. The van der Waals surface area contributed by atoms with Crippen molar-refractivity contribution in [3.8, 4) is 22.5 Å². The zero-order valence-electron chi connectivity index (χ0n) is 16.7. The maximum atomic E-state index is 12.8. The van der Waals surface area contributed by atoms with E-state index in [1.165, 1.54) is 12.1 Å². The normalized spacial score (nSPS) is 11.0. The Morgan fingerprint density at radius 1 is 0.531 bits per heavy atom. The third-order valence-electron chi connectivity index (χ3n) is 5.49. The Kier molecular flexibility index (Phi) is 4.60. The number of pyridine rings is 2. The number of rotatable bonds is 4. The Morgan fingerprint density at radius 2 is 0.906 bits per heavy atom. The largest absolute Gasteiger partial charge is 0.354 e. The second-order valence-electron chi connectivity index (χ2n) is 7.52. The first kappa shape index (κ1) is 19.4. The number of benzene rings is 3. The van der Waals surface area contributed by atoms with E-state index < -0.39 is 0 Å². The molecule has 3 aromatic carbocycles. The van der Waals surface area contributed by atoms with Crippen LogP contribution in [0.3, 0.4) is 0 Å². The summed E-state index contributed by atoms with van der Waals surface area (Å²) in [5.74, 6) is 0. The molecule has 0 aliphatic rings. The van der Waals surface area contributed by atoms with Gasteiger partial charge in [0, 0.05) is 45.4 Å². The highest BCUT2D eigenvalue weighted by Crippen LogP contribution is 2.23. The Balaban J connectivity index is 1.67. The van der Waals surface area contributed by atoms with Gasteiger partial charge in [-0.25, -0.2) is 0 Å². The van der Waals surface area contributed by atoms with Crippen LogP contribution < -0.4 is 10.9 Å². The summed E-state index contributed by atoms with van der Waals surface area (Å²) in [6.45, 7) is 0. The molecule has 2 aromatic heterocycles. The first-order valence-corrected chi connectivity index (χ1v) is 9.91. The van der Waals surface area contributed by atoms with Crippen molar-refractivity contribution in [1.82, 2.24) is 9.97 Å². The zero-order valence-corrected chi connectivity index (χ0v) is 16.7. The van der Waals surface area contributed by atoms with Crippen LogP contribution in [0.25, 0.3) is 44.3 Å². The number of carbonyl (C=O) groups is 2. The number of hydrogen-bond acceptors (Lipinski definition) is 4. The molecule has 0 aliphatic heterocycles. The highest BCUT2D eigenvalue weighted by molar-refractivity contribution is 5.96. The van der Waals surface area contributed by atoms with E-state index in [1.807, 2.05) is 0 Å². The number of aldehydes is 2. The molecule has 154 valence electrons. The van der Waals surface area contributed by atoms with Crippen LogP contribution in [0.4, 0.5) is 0 Å². The van der Waals surface area contributed by atoms with E-state index in [4.69, 9.17) is 0 Å². The van der Waals surface area contributed by atoms with Crippen molar-refractivity contribution in [2.75, 3.05) is 0 Å². The van der Waals surface area contributed by atoms with Gasteiger partial charge in [-0.2, -0.15) is 0 Å². The fourth-order valence-electron chi connectivity index (χ4n) is 3.79. The Morgan fingerprint density at radius 3 is 1.25 bits per heavy atom. The topological polar surface area (TPSA) is 99.9 Å². The van der Waals surface area contributed by atoms with Crippen molar-refractivity contribution in [2.24, 2.45) is 0 Å². The summed E-state index contributed by atoms with van der Waals surface area (Å²) in [5.41, 5.74) is 4.55. The van der Waals surface area contributed by atoms with Crippen molar-refractivity contribution >= 4 is 34.4 Å². The summed E-state index contributed by atoms with van der Waals surface area (Å²) in [6.07, 6.45) is 1.52. The zero-order chi connectivity index (χ0) is 22.2. The Hall–Kier alpha value is -4.58. The molecule has 6 heteroatoms. The molecule has 0 atom stereocenters. The third-order valence-corrected chi connectivity index (χ3v) is 5.49. The lowest BCUT2D eigenvalue weighted by Gasteiger charge is -2.08. The monoisotopic (exact) mass is 420 g/mol. The highest BCUT2D eigenvalue weighted by Gasteiger charge is 2.10. The van der Waals surface area contributed by atoms with Crippen LogP contribution in [0.2, 0.25) is 0 Å². The molecular formula is C26H16N2O4. The van der Waals surface area contributed by atoms with Gasteiger partial charge in [0.25, 0.3) is 0 Å². The molecule has 0 bridgehead atoms. The van der Waals surface area contributed by atoms with Gasteiger partial charge in [0.15, 0.2) is 10.9 Å². The first-order valence-electron chi connectivity index (χ1n) is 9.91. The predicted octanol–water partition coefficient (Wildman–Crippen LogP) is 4.33. The van der Waals surface area contributed by atoms with Crippen molar-refractivity contribution < 1.29 is 9.59 Å². The van der Waals surface area contributed by atoms with Crippen LogP contribution >= 0.6 is 0 Å². The van der Waals surface area contributed by atoms with Crippen molar-refractivity contribution in [3.63, 3.8) is 0 Å². The molecule has 6 nitrogen and oxygen atoms in total. The van der Waals surface area contributed by atoms with Gasteiger partial charge in [-0.3, -0.25) is 19.2 Å². The highest BCUT2D eigenvalue weighted by atomic mass is 16.1. The molecular weight excluding hydrogens is 404 g/mol. The van der Waals surface area contributed by atoms with E-state index in [9.17, 15) is 19.2 Å². The lowest BCUT2D eigenvalue weighted by Crippen LogP contribution is -2.07. The van der Waals surface area contributed by atoms with Gasteiger partial charge in [0.2, 0.25) is 0 Å². The van der Waals surface area contributed by atoms with Gasteiger partial charge in [-0.05, 0) is 23.3 Å². The van der Waals surface area contributed by atoms with Gasteiger partial charge >= 0.3 is 0 Å². The Labute approximate surface area is 181 Å². The van der Waals surface area contributed by atoms with Gasteiger partial charge in [-0.1, -0.05) is 48.5 Å². The van der Waals surface area contributed by atoms with E-state index in [0.717, 1.165) is 23.7 Å². The number of hydrogen-bond donors (Lipinski definition) is 2. The molecule has 32 heavy (non-hydrogen) atoms. The second kappa shape index (κ2) is 7.59. The summed E-state index contributed by atoms with van der Waals surface area (Å²) >= 11 is 0. The maximum Gasteiger partial charge on any atom is 0.190 e. The predicted molar refractivity (Wildman–Crippen MR) is 124 cm³/mol. The number of H-pyrrole nitrogens is 2. The molecule has 0 saturated heterocycles. The van der Waals surface area contributed by atoms with Crippen molar-refractivity contribution in [1.29, 1.82) is 0 Å². The van der Waals surface area contributed by atoms with Gasteiger partial charge in [-0.15, -0.1) is 0 Å². The van der Waals surface area contributed by atoms with Crippen LogP contribution in [-0.2, 0) is 0 Å². The van der Waals surface area contributed by atoms with Crippen LogP contribution in [-0.4, -0.2) is 22.5 Å². The average Bonchev–Trinajstić information content (AvgIpc) is 2.83. The quantitative estimate of drug-likeness (QED) is 0.334. The molecule has 0 radical (unpaired) electrons. The second-order valence-corrected chi connectivity index (χ2v) is 7.52.